The SMILES string of the molecule is C=C(CC)CC(=O)CSc1cccc(C)c1. The average Bonchev–Trinajstić information content (AvgIpc) is 2.26. The summed E-state index contributed by atoms with van der Waals surface area (Å²) in [6.45, 7) is 7.94. The number of benzene rings is 1. The van der Waals surface area contributed by atoms with Gasteiger partial charge in [-0.15, -0.1) is 11.8 Å². The normalized spacial score (nSPS) is 10.1. The van der Waals surface area contributed by atoms with E-state index < -0.39 is 0 Å². The maximum Gasteiger partial charge on any atom is 0.147 e. The topological polar surface area (TPSA) is 17.1 Å². The highest BCUT2D eigenvalue weighted by atomic mass is 32.2. The van der Waals surface area contributed by atoms with Crippen LogP contribution in [0.1, 0.15) is 25.3 Å². The van der Waals surface area contributed by atoms with Crippen LogP contribution in [0.5, 0.6) is 0 Å². The van der Waals surface area contributed by atoms with Crippen LogP contribution in [-0.4, -0.2) is 11.5 Å². The van der Waals surface area contributed by atoms with Gasteiger partial charge in [0.1, 0.15) is 5.78 Å². The molecule has 0 bridgehead atoms. The van der Waals surface area contributed by atoms with Gasteiger partial charge < -0.3 is 0 Å². The standard InChI is InChI=1S/C14H18OS/c1-4-11(2)8-13(15)10-16-14-7-5-6-12(3)9-14/h5-7,9H,2,4,8,10H2,1,3H3. The first kappa shape index (κ1) is 13.0. The fraction of sp³-hybridized carbons (Fsp3) is 0.357. The summed E-state index contributed by atoms with van der Waals surface area (Å²) in [5.74, 6) is 0.806. The number of rotatable bonds is 6. The summed E-state index contributed by atoms with van der Waals surface area (Å²) in [4.78, 5) is 12.8. The molecule has 1 aromatic rings. The summed E-state index contributed by atoms with van der Waals surface area (Å²) in [6, 6.07) is 8.23. The maximum absolute atomic E-state index is 11.6. The maximum atomic E-state index is 11.6. The van der Waals surface area contributed by atoms with Gasteiger partial charge in [-0.2, -0.15) is 0 Å². The predicted molar refractivity (Wildman–Crippen MR) is 71.0 cm³/mol. The van der Waals surface area contributed by atoms with Crippen molar-refractivity contribution in [3.8, 4) is 0 Å². The lowest BCUT2D eigenvalue weighted by atomic mass is 10.1. The van der Waals surface area contributed by atoms with E-state index in [9.17, 15) is 4.79 Å². The third kappa shape index (κ3) is 4.67. The van der Waals surface area contributed by atoms with Crippen molar-refractivity contribution >= 4 is 17.5 Å². The Morgan fingerprint density at radius 3 is 2.81 bits per heavy atom. The molecule has 0 aliphatic carbocycles. The van der Waals surface area contributed by atoms with Crippen LogP contribution in [0.2, 0.25) is 0 Å². The molecule has 0 aromatic heterocycles. The number of carbonyl (C=O) groups excluding carboxylic acids is 1. The number of aryl methyl sites for hydroxylation is 1. The molecule has 0 aliphatic heterocycles. The highest BCUT2D eigenvalue weighted by Crippen LogP contribution is 2.20. The minimum atomic E-state index is 0.262. The Morgan fingerprint density at radius 2 is 2.19 bits per heavy atom. The van der Waals surface area contributed by atoms with Gasteiger partial charge in [0.25, 0.3) is 0 Å². The minimum Gasteiger partial charge on any atom is -0.298 e. The summed E-state index contributed by atoms with van der Waals surface area (Å²) in [7, 11) is 0. The fourth-order valence-electron chi connectivity index (χ4n) is 1.32. The Morgan fingerprint density at radius 1 is 1.44 bits per heavy atom. The minimum absolute atomic E-state index is 0.262. The number of carbonyl (C=O) groups is 1. The first-order valence-electron chi connectivity index (χ1n) is 5.49. The quantitative estimate of drug-likeness (QED) is 0.546. The van der Waals surface area contributed by atoms with E-state index in [1.807, 2.05) is 19.1 Å². The lowest BCUT2D eigenvalue weighted by Crippen LogP contribution is -2.02. The predicted octanol–water partition coefficient (Wildman–Crippen LogP) is 4.01. The van der Waals surface area contributed by atoms with Gasteiger partial charge in [0, 0.05) is 11.3 Å². The summed E-state index contributed by atoms with van der Waals surface area (Å²) >= 11 is 1.60. The van der Waals surface area contributed by atoms with E-state index >= 15 is 0 Å². The molecule has 2 heteroatoms. The van der Waals surface area contributed by atoms with Crippen LogP contribution >= 0.6 is 11.8 Å². The third-order valence-electron chi connectivity index (χ3n) is 2.34. The van der Waals surface area contributed by atoms with Crippen molar-refractivity contribution in [2.45, 2.75) is 31.6 Å². The van der Waals surface area contributed by atoms with Crippen molar-refractivity contribution in [1.82, 2.24) is 0 Å². The molecule has 0 saturated heterocycles. The molecule has 0 amide bonds. The number of hydrogen-bond acceptors (Lipinski definition) is 2. The summed E-state index contributed by atoms with van der Waals surface area (Å²) in [5.41, 5.74) is 2.25. The van der Waals surface area contributed by atoms with Crippen LogP contribution in [0.15, 0.2) is 41.3 Å². The van der Waals surface area contributed by atoms with Crippen LogP contribution in [0.3, 0.4) is 0 Å². The largest absolute Gasteiger partial charge is 0.298 e. The van der Waals surface area contributed by atoms with E-state index in [0.29, 0.717) is 12.2 Å². The van der Waals surface area contributed by atoms with Crippen LogP contribution in [0.25, 0.3) is 0 Å². The molecule has 1 rings (SSSR count). The number of allylic oxidation sites excluding steroid dienone is 1. The van der Waals surface area contributed by atoms with Gasteiger partial charge >= 0.3 is 0 Å². The molecule has 0 heterocycles. The molecule has 0 radical (unpaired) electrons. The average molecular weight is 234 g/mol. The Labute approximate surface area is 102 Å². The number of thioether (sulfide) groups is 1. The summed E-state index contributed by atoms with van der Waals surface area (Å²) in [5, 5.41) is 0. The van der Waals surface area contributed by atoms with Gasteiger partial charge in [-0.25, -0.2) is 0 Å². The second kappa shape index (κ2) is 6.54. The molecule has 0 atom stereocenters. The highest BCUT2D eigenvalue weighted by molar-refractivity contribution is 8.00. The van der Waals surface area contributed by atoms with Gasteiger partial charge in [-0.05, 0) is 25.5 Å². The van der Waals surface area contributed by atoms with Crippen LogP contribution in [-0.2, 0) is 4.79 Å². The number of Topliss-reactive ketones (excluding diaryl/α,β-unsaturated/α-hetero) is 1. The van der Waals surface area contributed by atoms with Gasteiger partial charge in [0.15, 0.2) is 0 Å². The summed E-state index contributed by atoms with van der Waals surface area (Å²) in [6.07, 6.45) is 1.41. The third-order valence-corrected chi connectivity index (χ3v) is 3.39. The van der Waals surface area contributed by atoms with Crippen molar-refractivity contribution < 1.29 is 4.79 Å². The molecule has 0 saturated carbocycles. The molecule has 0 aliphatic rings. The van der Waals surface area contributed by atoms with Crippen LogP contribution in [0.4, 0.5) is 0 Å². The molecule has 0 unspecified atom stereocenters. The van der Waals surface area contributed by atoms with Gasteiger partial charge in [-0.3, -0.25) is 4.79 Å². The lowest BCUT2D eigenvalue weighted by molar-refractivity contribution is -0.116. The molecule has 1 aromatic carbocycles. The zero-order valence-corrected chi connectivity index (χ0v) is 10.8. The Balaban J connectivity index is 2.40. The van der Waals surface area contributed by atoms with E-state index in [2.05, 4.69) is 25.6 Å². The molecule has 16 heavy (non-hydrogen) atoms. The smallest absolute Gasteiger partial charge is 0.147 e. The van der Waals surface area contributed by atoms with Crippen molar-refractivity contribution in [1.29, 1.82) is 0 Å². The van der Waals surface area contributed by atoms with Gasteiger partial charge in [-0.1, -0.05) is 36.8 Å². The number of ketones is 1. The van der Waals surface area contributed by atoms with E-state index in [0.717, 1.165) is 16.9 Å². The van der Waals surface area contributed by atoms with E-state index in [4.69, 9.17) is 0 Å². The Bertz CT molecular complexity index is 382. The Hall–Kier alpha value is -1.02. The lowest BCUT2D eigenvalue weighted by Gasteiger charge is -2.03. The van der Waals surface area contributed by atoms with E-state index in [-0.39, 0.29) is 5.78 Å². The molecule has 0 fully saturated rings. The van der Waals surface area contributed by atoms with Gasteiger partial charge in [0.05, 0.1) is 5.75 Å². The first-order valence-corrected chi connectivity index (χ1v) is 6.48. The van der Waals surface area contributed by atoms with Crippen molar-refractivity contribution in [2.24, 2.45) is 0 Å². The molecule has 0 N–H and O–H groups in total. The molecular weight excluding hydrogens is 216 g/mol. The molecule has 86 valence electrons. The molecule has 0 spiro atoms. The van der Waals surface area contributed by atoms with Crippen molar-refractivity contribution in [2.75, 3.05) is 5.75 Å². The van der Waals surface area contributed by atoms with E-state index in [1.165, 1.54) is 5.56 Å². The second-order valence-electron chi connectivity index (χ2n) is 3.92. The van der Waals surface area contributed by atoms with E-state index in [1.54, 1.807) is 11.8 Å². The Kier molecular flexibility index (Phi) is 5.33. The fourth-order valence-corrected chi connectivity index (χ4v) is 2.20. The van der Waals surface area contributed by atoms with Crippen LogP contribution < -0.4 is 0 Å². The summed E-state index contributed by atoms with van der Waals surface area (Å²) < 4.78 is 0. The molecular formula is C14H18OS. The highest BCUT2D eigenvalue weighted by Gasteiger charge is 2.04. The number of hydrogen-bond donors (Lipinski definition) is 0. The monoisotopic (exact) mass is 234 g/mol. The first-order chi connectivity index (χ1) is 7.61. The second-order valence-corrected chi connectivity index (χ2v) is 4.97. The zero-order valence-electron chi connectivity index (χ0n) is 9.95. The molecule has 1 nitrogen and oxygen atoms in total. The van der Waals surface area contributed by atoms with Crippen LogP contribution in [0, 0.1) is 6.92 Å². The van der Waals surface area contributed by atoms with Gasteiger partial charge in [0.2, 0.25) is 0 Å². The van der Waals surface area contributed by atoms with Crippen molar-refractivity contribution in [3.63, 3.8) is 0 Å². The zero-order chi connectivity index (χ0) is 12.0. The van der Waals surface area contributed by atoms with Crippen molar-refractivity contribution in [3.05, 3.63) is 42.0 Å².